The molecule has 0 saturated carbocycles. The van der Waals surface area contributed by atoms with Gasteiger partial charge < -0.3 is 14.5 Å². The van der Waals surface area contributed by atoms with Gasteiger partial charge in [0.1, 0.15) is 11.4 Å². The lowest BCUT2D eigenvalue weighted by molar-refractivity contribution is 0.0299. The van der Waals surface area contributed by atoms with Crippen LogP contribution in [0, 0.1) is 0 Å². The molecule has 2 saturated heterocycles. The lowest BCUT2D eigenvalue weighted by atomic mass is 9.98. The maximum Gasteiger partial charge on any atom is 0.274 e. The zero-order valence-corrected chi connectivity index (χ0v) is 14.5. The number of nitrogens with zero attached hydrogens (tertiary/aromatic N) is 4. The summed E-state index contributed by atoms with van der Waals surface area (Å²) >= 11 is 0. The van der Waals surface area contributed by atoms with Gasteiger partial charge in [0.15, 0.2) is 0 Å². The zero-order valence-electron chi connectivity index (χ0n) is 14.5. The minimum Gasteiger partial charge on any atom is -0.378 e. The predicted octanol–water partition coefficient (Wildman–Crippen LogP) is 0.973. The van der Waals surface area contributed by atoms with Crippen LogP contribution in [0.4, 0.5) is 0 Å². The number of rotatable bonds is 3. The molecular formula is C17H22N6O3. The van der Waals surface area contributed by atoms with E-state index < -0.39 is 0 Å². The largest absolute Gasteiger partial charge is 0.378 e. The van der Waals surface area contributed by atoms with Crippen LogP contribution < -0.4 is 0 Å². The minimum absolute atomic E-state index is 0.0807. The Bertz CT molecular complexity index is 765. The molecule has 1 atom stereocenters. The van der Waals surface area contributed by atoms with Gasteiger partial charge in [-0.2, -0.15) is 10.2 Å². The number of aromatic nitrogens is 4. The molecule has 2 fully saturated rings. The number of hydrogen-bond donors (Lipinski definition) is 2. The van der Waals surface area contributed by atoms with Crippen LogP contribution in [0.5, 0.6) is 0 Å². The van der Waals surface area contributed by atoms with E-state index in [-0.39, 0.29) is 17.9 Å². The highest BCUT2D eigenvalue weighted by Crippen LogP contribution is 2.31. The van der Waals surface area contributed by atoms with Crippen molar-refractivity contribution in [3.8, 4) is 0 Å². The quantitative estimate of drug-likeness (QED) is 0.850. The summed E-state index contributed by atoms with van der Waals surface area (Å²) in [6, 6.07) is 3.34. The smallest absolute Gasteiger partial charge is 0.274 e. The topological polar surface area (TPSA) is 107 Å². The van der Waals surface area contributed by atoms with Crippen LogP contribution >= 0.6 is 0 Å². The Labute approximate surface area is 150 Å². The van der Waals surface area contributed by atoms with Crippen LogP contribution in [0.1, 0.15) is 52.0 Å². The average Bonchev–Trinajstić information content (AvgIpc) is 3.40. The maximum absolute atomic E-state index is 12.8. The molecule has 9 nitrogen and oxygen atoms in total. The summed E-state index contributed by atoms with van der Waals surface area (Å²) in [6.45, 7) is 2.94. The van der Waals surface area contributed by atoms with Crippen LogP contribution in [-0.2, 0) is 4.74 Å². The molecule has 0 spiro atoms. The molecule has 2 aliphatic heterocycles. The van der Waals surface area contributed by atoms with E-state index >= 15 is 0 Å². The van der Waals surface area contributed by atoms with Crippen molar-refractivity contribution in [2.24, 2.45) is 0 Å². The number of aromatic amines is 2. The molecule has 0 aromatic carbocycles. The Hall–Kier alpha value is -2.68. The molecule has 2 aromatic heterocycles. The summed E-state index contributed by atoms with van der Waals surface area (Å²) in [7, 11) is 0. The number of H-pyrrole nitrogens is 2. The van der Waals surface area contributed by atoms with E-state index in [1.165, 1.54) is 0 Å². The molecule has 9 heteroatoms. The van der Waals surface area contributed by atoms with Gasteiger partial charge in [0, 0.05) is 25.8 Å². The Morgan fingerprint density at radius 1 is 1.12 bits per heavy atom. The van der Waals surface area contributed by atoms with Crippen molar-refractivity contribution in [3.63, 3.8) is 0 Å². The molecule has 2 aliphatic rings. The number of nitrogens with one attached hydrogen (secondary N) is 2. The number of carbonyl (C=O) groups is 2. The highest BCUT2D eigenvalue weighted by atomic mass is 16.5. The van der Waals surface area contributed by atoms with Crippen molar-refractivity contribution >= 4 is 11.8 Å². The van der Waals surface area contributed by atoms with Crippen molar-refractivity contribution in [3.05, 3.63) is 35.4 Å². The van der Waals surface area contributed by atoms with Gasteiger partial charge in [-0.3, -0.25) is 19.8 Å². The Kier molecular flexibility index (Phi) is 4.70. The van der Waals surface area contributed by atoms with E-state index in [0.717, 1.165) is 25.0 Å². The fraction of sp³-hybridized carbons (Fsp3) is 0.529. The first-order valence-electron chi connectivity index (χ1n) is 8.96. The lowest BCUT2D eigenvalue weighted by Crippen LogP contribution is -2.40. The van der Waals surface area contributed by atoms with Crippen LogP contribution in [0.2, 0.25) is 0 Å². The maximum atomic E-state index is 12.8. The van der Waals surface area contributed by atoms with E-state index in [9.17, 15) is 9.59 Å². The fourth-order valence-electron chi connectivity index (χ4n) is 3.57. The number of hydrogen-bond acceptors (Lipinski definition) is 5. The number of carbonyl (C=O) groups excluding carboxylic acids is 2. The standard InChI is InChI=1S/C17H22N6O3/c24-16(22-7-9-26-10-8-22)14-11-13(20-21-14)15-3-1-2-6-23(15)17(25)12-4-5-18-19-12/h4-5,11,15H,1-3,6-10H2,(H,18,19)(H,20,21). The highest BCUT2D eigenvalue weighted by molar-refractivity contribution is 5.93. The van der Waals surface area contributed by atoms with Crippen molar-refractivity contribution in [1.82, 2.24) is 30.2 Å². The number of ether oxygens (including phenoxy) is 1. The lowest BCUT2D eigenvalue weighted by Gasteiger charge is -2.34. The highest BCUT2D eigenvalue weighted by Gasteiger charge is 2.31. The number of piperidine rings is 1. The zero-order chi connectivity index (χ0) is 17.9. The Balaban J connectivity index is 1.53. The van der Waals surface area contributed by atoms with Gasteiger partial charge in [-0.1, -0.05) is 0 Å². The minimum atomic E-state index is -0.113. The van der Waals surface area contributed by atoms with E-state index in [1.54, 1.807) is 23.2 Å². The molecule has 2 N–H and O–H groups in total. The third-order valence-corrected chi connectivity index (χ3v) is 4.97. The number of amides is 2. The van der Waals surface area contributed by atoms with Gasteiger partial charge in [-0.25, -0.2) is 0 Å². The molecule has 26 heavy (non-hydrogen) atoms. The summed E-state index contributed by atoms with van der Waals surface area (Å²) < 4.78 is 5.29. The molecule has 0 radical (unpaired) electrons. The van der Waals surface area contributed by atoms with Crippen LogP contribution in [0.15, 0.2) is 18.3 Å². The number of likely N-dealkylation sites (tertiary alicyclic amines) is 1. The second kappa shape index (κ2) is 7.28. The van der Waals surface area contributed by atoms with Crippen molar-refractivity contribution in [2.75, 3.05) is 32.8 Å². The van der Waals surface area contributed by atoms with Gasteiger partial charge in [0.25, 0.3) is 11.8 Å². The van der Waals surface area contributed by atoms with Crippen molar-refractivity contribution in [1.29, 1.82) is 0 Å². The molecule has 2 amide bonds. The first-order chi connectivity index (χ1) is 12.7. The normalized spacial score (nSPS) is 21.0. The third-order valence-electron chi connectivity index (χ3n) is 4.97. The fourth-order valence-corrected chi connectivity index (χ4v) is 3.57. The molecule has 2 aromatic rings. The molecule has 1 unspecified atom stereocenters. The van der Waals surface area contributed by atoms with Gasteiger partial charge in [-0.05, 0) is 31.4 Å². The summed E-state index contributed by atoms with van der Waals surface area (Å²) in [4.78, 5) is 28.9. The molecule has 4 heterocycles. The molecule has 138 valence electrons. The number of morpholine rings is 1. The van der Waals surface area contributed by atoms with E-state index in [0.29, 0.717) is 44.2 Å². The predicted molar refractivity (Wildman–Crippen MR) is 91.5 cm³/mol. The Morgan fingerprint density at radius 3 is 2.73 bits per heavy atom. The van der Waals surface area contributed by atoms with E-state index in [1.807, 2.05) is 4.90 Å². The summed E-state index contributed by atoms with van der Waals surface area (Å²) in [6.07, 6.45) is 4.40. The second-order valence-corrected chi connectivity index (χ2v) is 6.59. The van der Waals surface area contributed by atoms with E-state index in [2.05, 4.69) is 20.4 Å². The van der Waals surface area contributed by atoms with Crippen LogP contribution in [0.3, 0.4) is 0 Å². The average molecular weight is 358 g/mol. The monoisotopic (exact) mass is 358 g/mol. The van der Waals surface area contributed by atoms with Crippen LogP contribution in [0.25, 0.3) is 0 Å². The third kappa shape index (κ3) is 3.22. The molecule has 0 bridgehead atoms. The van der Waals surface area contributed by atoms with E-state index in [4.69, 9.17) is 4.74 Å². The molecule has 0 aliphatic carbocycles. The second-order valence-electron chi connectivity index (χ2n) is 6.59. The van der Waals surface area contributed by atoms with Crippen LogP contribution in [-0.4, -0.2) is 74.9 Å². The van der Waals surface area contributed by atoms with Crippen molar-refractivity contribution < 1.29 is 14.3 Å². The summed E-state index contributed by atoms with van der Waals surface area (Å²) in [5, 5.41) is 13.8. The molecular weight excluding hydrogens is 336 g/mol. The first kappa shape index (κ1) is 16.8. The van der Waals surface area contributed by atoms with Gasteiger partial charge in [-0.15, -0.1) is 0 Å². The van der Waals surface area contributed by atoms with Gasteiger partial charge in [0.2, 0.25) is 0 Å². The summed E-state index contributed by atoms with van der Waals surface area (Å²) in [5.74, 6) is -0.180. The summed E-state index contributed by atoms with van der Waals surface area (Å²) in [5.41, 5.74) is 1.66. The SMILES string of the molecule is O=C(c1cc(C2CCCCN2C(=O)c2ccn[nH]2)[nH]n1)N1CCOCC1. The van der Waals surface area contributed by atoms with Gasteiger partial charge in [0.05, 0.1) is 24.9 Å². The first-order valence-corrected chi connectivity index (χ1v) is 8.96. The van der Waals surface area contributed by atoms with Crippen molar-refractivity contribution in [2.45, 2.75) is 25.3 Å². The molecule has 4 rings (SSSR count). The van der Waals surface area contributed by atoms with Gasteiger partial charge >= 0.3 is 0 Å². The Morgan fingerprint density at radius 2 is 1.96 bits per heavy atom.